The van der Waals surface area contributed by atoms with E-state index in [4.69, 9.17) is 0 Å². The summed E-state index contributed by atoms with van der Waals surface area (Å²) < 4.78 is 0. The standard InChI is InChI=1S/C10H19NO2/c1-5-6-11-9(13)7-8(12)10(2,3)4/h5-7H2,1-4H3,(H,11,13). The molecule has 0 aromatic carbocycles. The van der Waals surface area contributed by atoms with E-state index in [9.17, 15) is 9.59 Å². The van der Waals surface area contributed by atoms with Gasteiger partial charge in [0.1, 0.15) is 5.78 Å². The van der Waals surface area contributed by atoms with E-state index < -0.39 is 5.41 Å². The molecule has 13 heavy (non-hydrogen) atoms. The van der Waals surface area contributed by atoms with E-state index in [-0.39, 0.29) is 18.1 Å². The zero-order chi connectivity index (χ0) is 10.5. The highest BCUT2D eigenvalue weighted by Crippen LogP contribution is 2.16. The molecule has 0 fully saturated rings. The fourth-order valence-corrected chi connectivity index (χ4v) is 0.738. The average Bonchev–Trinajstić information content (AvgIpc) is 1.99. The molecule has 0 bridgehead atoms. The maximum atomic E-state index is 11.4. The smallest absolute Gasteiger partial charge is 0.227 e. The zero-order valence-corrected chi connectivity index (χ0v) is 8.94. The van der Waals surface area contributed by atoms with Crippen LogP contribution in [0.5, 0.6) is 0 Å². The van der Waals surface area contributed by atoms with Crippen LogP contribution in [0.3, 0.4) is 0 Å². The van der Waals surface area contributed by atoms with E-state index >= 15 is 0 Å². The Hall–Kier alpha value is -0.860. The van der Waals surface area contributed by atoms with Crippen molar-refractivity contribution in [1.82, 2.24) is 5.32 Å². The van der Waals surface area contributed by atoms with Gasteiger partial charge in [0.2, 0.25) is 5.91 Å². The molecule has 0 aliphatic carbocycles. The molecule has 0 aliphatic heterocycles. The minimum absolute atomic E-state index is 0.00347. The van der Waals surface area contributed by atoms with Crippen molar-refractivity contribution in [2.24, 2.45) is 5.41 Å². The molecule has 0 aromatic heterocycles. The fraction of sp³-hybridized carbons (Fsp3) is 0.800. The number of nitrogens with one attached hydrogen (secondary N) is 1. The van der Waals surface area contributed by atoms with Gasteiger partial charge in [-0.3, -0.25) is 9.59 Å². The van der Waals surface area contributed by atoms with Crippen LogP contribution in [0.4, 0.5) is 0 Å². The highest BCUT2D eigenvalue weighted by molar-refractivity contribution is 6.00. The monoisotopic (exact) mass is 185 g/mol. The normalized spacial score (nSPS) is 11.1. The molecule has 0 heterocycles. The zero-order valence-electron chi connectivity index (χ0n) is 8.94. The summed E-state index contributed by atoms with van der Waals surface area (Å²) in [5, 5.41) is 2.68. The van der Waals surface area contributed by atoms with Crippen LogP contribution in [0, 0.1) is 5.41 Å². The Labute approximate surface area is 79.9 Å². The number of ketones is 1. The topological polar surface area (TPSA) is 46.2 Å². The Morgan fingerprint density at radius 1 is 1.23 bits per heavy atom. The van der Waals surface area contributed by atoms with Gasteiger partial charge in [-0.2, -0.15) is 0 Å². The number of hydrogen-bond donors (Lipinski definition) is 1. The van der Waals surface area contributed by atoms with Gasteiger partial charge < -0.3 is 5.32 Å². The number of amides is 1. The molecule has 0 aliphatic rings. The predicted octanol–water partition coefficient (Wildman–Crippen LogP) is 1.52. The molecular weight excluding hydrogens is 166 g/mol. The molecule has 3 heteroatoms. The van der Waals surface area contributed by atoms with Gasteiger partial charge in [-0.15, -0.1) is 0 Å². The molecule has 1 N–H and O–H groups in total. The Kier molecular flexibility index (Phi) is 4.67. The molecule has 1 amide bonds. The van der Waals surface area contributed by atoms with Gasteiger partial charge in [0.05, 0.1) is 6.42 Å². The van der Waals surface area contributed by atoms with E-state index in [1.807, 2.05) is 27.7 Å². The Morgan fingerprint density at radius 3 is 2.15 bits per heavy atom. The summed E-state index contributed by atoms with van der Waals surface area (Å²) in [4.78, 5) is 22.5. The third-order valence-corrected chi connectivity index (χ3v) is 1.73. The maximum absolute atomic E-state index is 11.4. The molecule has 0 rings (SSSR count). The second-order valence-corrected chi connectivity index (χ2v) is 4.20. The number of hydrogen-bond acceptors (Lipinski definition) is 2. The Morgan fingerprint density at radius 2 is 1.77 bits per heavy atom. The molecule has 0 radical (unpaired) electrons. The van der Waals surface area contributed by atoms with E-state index in [2.05, 4.69) is 5.32 Å². The van der Waals surface area contributed by atoms with Crippen molar-refractivity contribution >= 4 is 11.7 Å². The number of Topliss-reactive ketones (excluding diaryl/α,β-unsaturated/α-hetero) is 1. The molecule has 0 saturated carbocycles. The van der Waals surface area contributed by atoms with Crippen molar-refractivity contribution in [3.63, 3.8) is 0 Å². The van der Waals surface area contributed by atoms with Gasteiger partial charge in [0, 0.05) is 12.0 Å². The Balaban J connectivity index is 3.86. The number of rotatable bonds is 4. The van der Waals surface area contributed by atoms with Crippen molar-refractivity contribution < 1.29 is 9.59 Å². The molecule has 0 aromatic rings. The minimum atomic E-state index is -0.413. The van der Waals surface area contributed by atoms with Gasteiger partial charge in [-0.1, -0.05) is 27.7 Å². The molecule has 76 valence electrons. The van der Waals surface area contributed by atoms with E-state index in [0.29, 0.717) is 6.54 Å². The second-order valence-electron chi connectivity index (χ2n) is 4.20. The molecule has 3 nitrogen and oxygen atoms in total. The van der Waals surface area contributed by atoms with E-state index in [0.717, 1.165) is 6.42 Å². The summed E-state index contributed by atoms with van der Waals surface area (Å²) >= 11 is 0. The fourth-order valence-electron chi connectivity index (χ4n) is 0.738. The highest BCUT2D eigenvalue weighted by Gasteiger charge is 2.23. The molecular formula is C10H19NO2. The quantitative estimate of drug-likeness (QED) is 0.675. The van der Waals surface area contributed by atoms with Crippen molar-refractivity contribution in [3.8, 4) is 0 Å². The van der Waals surface area contributed by atoms with Gasteiger partial charge in [0.15, 0.2) is 0 Å². The Bertz CT molecular complexity index is 192. The second kappa shape index (κ2) is 5.00. The van der Waals surface area contributed by atoms with E-state index in [1.54, 1.807) is 0 Å². The van der Waals surface area contributed by atoms with Gasteiger partial charge in [-0.25, -0.2) is 0 Å². The van der Waals surface area contributed by atoms with Crippen LogP contribution in [-0.4, -0.2) is 18.2 Å². The summed E-state index contributed by atoms with van der Waals surface area (Å²) in [7, 11) is 0. The van der Waals surface area contributed by atoms with Gasteiger partial charge in [-0.05, 0) is 6.42 Å². The SMILES string of the molecule is CCCNC(=O)CC(=O)C(C)(C)C. The van der Waals surface area contributed by atoms with Crippen LogP contribution in [0.1, 0.15) is 40.5 Å². The summed E-state index contributed by atoms with van der Waals surface area (Å²) in [5.74, 6) is -0.178. The maximum Gasteiger partial charge on any atom is 0.227 e. The van der Waals surface area contributed by atoms with Crippen LogP contribution in [0.2, 0.25) is 0 Å². The summed E-state index contributed by atoms with van der Waals surface area (Å²) in [6, 6.07) is 0. The lowest BCUT2D eigenvalue weighted by Gasteiger charge is -2.15. The van der Waals surface area contributed by atoms with Crippen LogP contribution in [-0.2, 0) is 9.59 Å². The third-order valence-electron chi connectivity index (χ3n) is 1.73. The lowest BCUT2D eigenvalue weighted by molar-refractivity contribution is -0.132. The first-order chi connectivity index (χ1) is 5.88. The lowest BCUT2D eigenvalue weighted by Crippen LogP contribution is -2.30. The van der Waals surface area contributed by atoms with Gasteiger partial charge >= 0.3 is 0 Å². The first-order valence-corrected chi connectivity index (χ1v) is 4.68. The molecule has 0 unspecified atom stereocenters. The van der Waals surface area contributed by atoms with Crippen LogP contribution < -0.4 is 5.32 Å². The summed E-state index contributed by atoms with van der Waals surface area (Å²) in [6.45, 7) is 8.09. The van der Waals surface area contributed by atoms with Crippen molar-refractivity contribution in [3.05, 3.63) is 0 Å². The van der Waals surface area contributed by atoms with Crippen LogP contribution in [0.15, 0.2) is 0 Å². The summed E-state index contributed by atoms with van der Waals surface area (Å²) in [5.41, 5.74) is -0.413. The number of carbonyl (C=O) groups is 2. The highest BCUT2D eigenvalue weighted by atomic mass is 16.2. The third kappa shape index (κ3) is 5.39. The van der Waals surface area contributed by atoms with Crippen molar-refractivity contribution in [2.75, 3.05) is 6.54 Å². The molecule has 0 saturated heterocycles. The molecule has 0 spiro atoms. The number of carbonyl (C=O) groups excluding carboxylic acids is 2. The summed E-state index contributed by atoms with van der Waals surface area (Å²) in [6.07, 6.45) is 0.902. The first-order valence-electron chi connectivity index (χ1n) is 4.68. The van der Waals surface area contributed by atoms with Crippen LogP contribution >= 0.6 is 0 Å². The van der Waals surface area contributed by atoms with Crippen molar-refractivity contribution in [1.29, 1.82) is 0 Å². The van der Waals surface area contributed by atoms with Gasteiger partial charge in [0.25, 0.3) is 0 Å². The largest absolute Gasteiger partial charge is 0.356 e. The van der Waals surface area contributed by atoms with E-state index in [1.165, 1.54) is 0 Å². The average molecular weight is 185 g/mol. The molecule has 0 atom stereocenters. The minimum Gasteiger partial charge on any atom is -0.356 e. The lowest BCUT2D eigenvalue weighted by atomic mass is 9.89. The van der Waals surface area contributed by atoms with Crippen molar-refractivity contribution in [2.45, 2.75) is 40.5 Å². The van der Waals surface area contributed by atoms with Crippen LogP contribution in [0.25, 0.3) is 0 Å². The first kappa shape index (κ1) is 12.1. The predicted molar refractivity (Wildman–Crippen MR) is 52.4 cm³/mol.